The molecule has 1 aromatic heterocycles. The molecule has 0 aliphatic heterocycles. The van der Waals surface area contributed by atoms with Crippen molar-refractivity contribution in [1.29, 1.82) is 0 Å². The molecular formula is C17H12ClFN2O. The average Bonchev–Trinajstić information content (AvgIpc) is 2.94. The molecule has 0 radical (unpaired) electrons. The van der Waals surface area contributed by atoms with Crippen LogP contribution in [0.2, 0.25) is 5.02 Å². The van der Waals surface area contributed by atoms with E-state index in [0.29, 0.717) is 28.8 Å². The van der Waals surface area contributed by atoms with Crippen molar-refractivity contribution in [2.24, 2.45) is 0 Å². The summed E-state index contributed by atoms with van der Waals surface area (Å²) < 4.78 is 19.0. The Morgan fingerprint density at radius 2 is 1.91 bits per heavy atom. The van der Waals surface area contributed by atoms with Crippen LogP contribution >= 0.6 is 11.6 Å². The van der Waals surface area contributed by atoms with Crippen molar-refractivity contribution < 1.29 is 8.81 Å². The van der Waals surface area contributed by atoms with Crippen LogP contribution < -0.4 is 0 Å². The molecule has 3 aromatic rings. The molecule has 110 valence electrons. The Morgan fingerprint density at radius 1 is 1.05 bits per heavy atom. The van der Waals surface area contributed by atoms with Gasteiger partial charge in [0, 0.05) is 16.7 Å². The third-order valence-electron chi connectivity index (χ3n) is 3.04. The standard InChI is InChI=1S/C17H12ClFN2O/c18-14-6-3-4-12(10-14)11-17-21-20-16(22-17)9-8-13-5-1-2-7-15(13)19/h1-10H,11H2/b9-8+. The molecule has 1 heterocycles. The highest BCUT2D eigenvalue weighted by molar-refractivity contribution is 6.30. The van der Waals surface area contributed by atoms with Gasteiger partial charge in [0.05, 0.1) is 6.42 Å². The van der Waals surface area contributed by atoms with Crippen molar-refractivity contribution in [3.05, 3.63) is 82.3 Å². The maximum absolute atomic E-state index is 13.5. The second-order valence-electron chi connectivity index (χ2n) is 4.70. The smallest absolute Gasteiger partial charge is 0.240 e. The normalized spacial score (nSPS) is 11.2. The molecule has 0 spiro atoms. The van der Waals surface area contributed by atoms with Gasteiger partial charge in [-0.3, -0.25) is 0 Å². The molecule has 3 nitrogen and oxygen atoms in total. The second kappa shape index (κ2) is 6.54. The first kappa shape index (κ1) is 14.5. The average molecular weight is 315 g/mol. The minimum atomic E-state index is -0.294. The van der Waals surface area contributed by atoms with E-state index in [9.17, 15) is 4.39 Å². The van der Waals surface area contributed by atoms with E-state index in [1.54, 1.807) is 36.4 Å². The van der Waals surface area contributed by atoms with Gasteiger partial charge in [-0.1, -0.05) is 41.9 Å². The maximum Gasteiger partial charge on any atom is 0.240 e. The van der Waals surface area contributed by atoms with Crippen LogP contribution in [-0.4, -0.2) is 10.2 Å². The van der Waals surface area contributed by atoms with Gasteiger partial charge in [0.1, 0.15) is 5.82 Å². The van der Waals surface area contributed by atoms with Gasteiger partial charge in [0.25, 0.3) is 0 Å². The number of rotatable bonds is 4. The number of nitrogens with zero attached hydrogens (tertiary/aromatic N) is 2. The lowest BCUT2D eigenvalue weighted by atomic mass is 10.1. The van der Waals surface area contributed by atoms with Gasteiger partial charge >= 0.3 is 0 Å². The number of hydrogen-bond donors (Lipinski definition) is 0. The van der Waals surface area contributed by atoms with Crippen molar-refractivity contribution in [1.82, 2.24) is 10.2 Å². The summed E-state index contributed by atoms with van der Waals surface area (Å²) in [6.07, 6.45) is 3.69. The predicted octanol–water partition coefficient (Wildman–Crippen LogP) is 4.62. The van der Waals surface area contributed by atoms with Gasteiger partial charge in [0.2, 0.25) is 11.8 Å². The van der Waals surface area contributed by atoms with Gasteiger partial charge in [-0.2, -0.15) is 0 Å². The van der Waals surface area contributed by atoms with Gasteiger partial charge in [0.15, 0.2) is 0 Å². The first-order valence-corrected chi connectivity index (χ1v) is 7.08. The van der Waals surface area contributed by atoms with Crippen molar-refractivity contribution in [3.8, 4) is 0 Å². The molecule has 2 aromatic carbocycles. The lowest BCUT2D eigenvalue weighted by Crippen LogP contribution is -1.87. The molecule has 0 saturated heterocycles. The van der Waals surface area contributed by atoms with Gasteiger partial charge < -0.3 is 4.42 Å². The van der Waals surface area contributed by atoms with Gasteiger partial charge in [-0.25, -0.2) is 4.39 Å². The summed E-state index contributed by atoms with van der Waals surface area (Å²) in [6.45, 7) is 0. The molecule has 0 bridgehead atoms. The summed E-state index contributed by atoms with van der Waals surface area (Å²) in [5.74, 6) is 0.521. The topological polar surface area (TPSA) is 38.9 Å². The summed E-state index contributed by atoms with van der Waals surface area (Å²) in [7, 11) is 0. The quantitative estimate of drug-likeness (QED) is 0.705. The summed E-state index contributed by atoms with van der Waals surface area (Å²) in [6, 6.07) is 13.9. The van der Waals surface area contributed by atoms with Gasteiger partial charge in [-0.05, 0) is 29.8 Å². The monoisotopic (exact) mass is 314 g/mol. The molecule has 5 heteroatoms. The fraction of sp³-hybridized carbons (Fsp3) is 0.0588. The Hall–Kier alpha value is -2.46. The molecule has 0 atom stereocenters. The minimum Gasteiger partial charge on any atom is -0.421 e. The number of hydrogen-bond acceptors (Lipinski definition) is 3. The Labute approximate surface area is 132 Å². The molecule has 0 aliphatic carbocycles. The Morgan fingerprint density at radius 3 is 2.73 bits per heavy atom. The minimum absolute atomic E-state index is 0.294. The molecule has 0 amide bonds. The van der Waals surface area contributed by atoms with Crippen LogP contribution in [0.15, 0.2) is 52.9 Å². The van der Waals surface area contributed by atoms with Crippen LogP contribution in [0.5, 0.6) is 0 Å². The van der Waals surface area contributed by atoms with Crippen LogP contribution in [0.1, 0.15) is 22.9 Å². The predicted molar refractivity (Wildman–Crippen MR) is 83.9 cm³/mol. The Balaban J connectivity index is 1.73. The molecule has 0 aliphatic rings. The highest BCUT2D eigenvalue weighted by Crippen LogP contribution is 2.15. The maximum atomic E-state index is 13.5. The lowest BCUT2D eigenvalue weighted by molar-refractivity contribution is 0.496. The molecule has 22 heavy (non-hydrogen) atoms. The van der Waals surface area contributed by atoms with Crippen molar-refractivity contribution in [3.63, 3.8) is 0 Å². The van der Waals surface area contributed by atoms with Crippen LogP contribution in [0.25, 0.3) is 12.2 Å². The number of benzene rings is 2. The molecule has 0 N–H and O–H groups in total. The Bertz CT molecular complexity index is 814. The van der Waals surface area contributed by atoms with Gasteiger partial charge in [-0.15, -0.1) is 10.2 Å². The third kappa shape index (κ3) is 3.59. The highest BCUT2D eigenvalue weighted by Gasteiger charge is 2.05. The van der Waals surface area contributed by atoms with Crippen LogP contribution in [0.4, 0.5) is 4.39 Å². The SMILES string of the molecule is Fc1ccccc1/C=C/c1nnc(Cc2cccc(Cl)c2)o1. The fourth-order valence-electron chi connectivity index (χ4n) is 2.00. The first-order chi connectivity index (χ1) is 10.7. The van der Waals surface area contributed by atoms with Crippen LogP contribution in [0, 0.1) is 5.82 Å². The third-order valence-corrected chi connectivity index (χ3v) is 3.27. The highest BCUT2D eigenvalue weighted by atomic mass is 35.5. The molecular weight excluding hydrogens is 303 g/mol. The van der Waals surface area contributed by atoms with E-state index >= 15 is 0 Å². The van der Waals surface area contributed by atoms with E-state index in [1.807, 2.05) is 18.2 Å². The van der Waals surface area contributed by atoms with E-state index in [-0.39, 0.29) is 5.82 Å². The molecule has 0 fully saturated rings. The largest absolute Gasteiger partial charge is 0.421 e. The second-order valence-corrected chi connectivity index (χ2v) is 5.13. The molecule has 0 unspecified atom stereocenters. The number of aromatic nitrogens is 2. The summed E-state index contributed by atoms with van der Waals surface area (Å²) >= 11 is 5.94. The molecule has 0 saturated carbocycles. The Kier molecular flexibility index (Phi) is 4.30. The summed E-state index contributed by atoms with van der Waals surface area (Å²) in [5, 5.41) is 8.56. The number of halogens is 2. The van der Waals surface area contributed by atoms with Crippen molar-refractivity contribution in [2.75, 3.05) is 0 Å². The van der Waals surface area contributed by atoms with E-state index in [4.69, 9.17) is 16.0 Å². The van der Waals surface area contributed by atoms with Crippen molar-refractivity contribution in [2.45, 2.75) is 6.42 Å². The zero-order chi connectivity index (χ0) is 15.4. The van der Waals surface area contributed by atoms with E-state index in [0.717, 1.165) is 5.56 Å². The summed E-state index contributed by atoms with van der Waals surface area (Å²) in [5.41, 5.74) is 1.46. The van der Waals surface area contributed by atoms with E-state index < -0.39 is 0 Å². The van der Waals surface area contributed by atoms with Crippen LogP contribution in [0.3, 0.4) is 0 Å². The molecule has 3 rings (SSSR count). The van der Waals surface area contributed by atoms with Crippen LogP contribution in [-0.2, 0) is 6.42 Å². The lowest BCUT2D eigenvalue weighted by Gasteiger charge is -1.96. The van der Waals surface area contributed by atoms with E-state index in [2.05, 4.69) is 10.2 Å². The summed E-state index contributed by atoms with van der Waals surface area (Å²) in [4.78, 5) is 0. The first-order valence-electron chi connectivity index (χ1n) is 6.70. The zero-order valence-corrected chi connectivity index (χ0v) is 12.3. The fourth-order valence-corrected chi connectivity index (χ4v) is 2.21. The zero-order valence-electron chi connectivity index (χ0n) is 11.5. The van der Waals surface area contributed by atoms with E-state index in [1.165, 1.54) is 6.07 Å². The van der Waals surface area contributed by atoms with Crippen molar-refractivity contribution >= 4 is 23.8 Å².